The van der Waals surface area contributed by atoms with Crippen LogP contribution in [-0.4, -0.2) is 0 Å². The second-order valence-corrected chi connectivity index (χ2v) is 15.1. The Morgan fingerprint density at radius 3 is 1.71 bits per heavy atom. The Morgan fingerprint density at radius 2 is 0.911 bits per heavy atom. The van der Waals surface area contributed by atoms with Crippen molar-refractivity contribution in [1.82, 2.24) is 0 Å². The fourth-order valence-corrected chi connectivity index (χ4v) is 9.37. The van der Waals surface area contributed by atoms with Gasteiger partial charge in [0.1, 0.15) is 0 Å². The van der Waals surface area contributed by atoms with Crippen LogP contribution in [0.3, 0.4) is 0 Å². The molecule has 0 heteroatoms. The number of hydrogen-bond donors (Lipinski definition) is 0. The average molecular weight is 711 g/mol. The second-order valence-electron chi connectivity index (χ2n) is 15.1. The molecule has 1 aliphatic carbocycles. The van der Waals surface area contributed by atoms with E-state index in [9.17, 15) is 0 Å². The molecule has 1 atom stereocenters. The Kier molecular flexibility index (Phi) is 7.74. The van der Waals surface area contributed by atoms with Crippen molar-refractivity contribution in [3.05, 3.63) is 223 Å². The lowest BCUT2D eigenvalue weighted by Crippen LogP contribution is -2.05. The Hall–Kier alpha value is -7.02. The molecule has 0 aromatic heterocycles. The molecule has 0 saturated heterocycles. The summed E-state index contributed by atoms with van der Waals surface area (Å²) < 4.78 is 0. The van der Waals surface area contributed by atoms with Gasteiger partial charge in [0, 0.05) is 5.92 Å². The van der Waals surface area contributed by atoms with Gasteiger partial charge in [-0.15, -0.1) is 0 Å². The van der Waals surface area contributed by atoms with Gasteiger partial charge < -0.3 is 0 Å². The molecule has 1 aliphatic rings. The molecule has 0 aliphatic heterocycles. The molecular formula is C56H38. The van der Waals surface area contributed by atoms with Crippen molar-refractivity contribution < 1.29 is 0 Å². The van der Waals surface area contributed by atoms with E-state index in [2.05, 4.69) is 212 Å². The maximum atomic E-state index is 2.52. The zero-order valence-electron chi connectivity index (χ0n) is 31.0. The summed E-state index contributed by atoms with van der Waals surface area (Å²) in [5.74, 6) is 0.291. The minimum absolute atomic E-state index is 0.291. The van der Waals surface area contributed by atoms with E-state index in [0.29, 0.717) is 5.92 Å². The second kappa shape index (κ2) is 13.4. The van der Waals surface area contributed by atoms with Crippen molar-refractivity contribution in [1.29, 1.82) is 0 Å². The highest BCUT2D eigenvalue weighted by atomic mass is 14.3. The van der Waals surface area contributed by atoms with Gasteiger partial charge in [0.25, 0.3) is 0 Å². The van der Waals surface area contributed by atoms with Crippen LogP contribution in [0.2, 0.25) is 0 Å². The minimum atomic E-state index is 0.291. The van der Waals surface area contributed by atoms with E-state index in [1.54, 1.807) is 0 Å². The number of rotatable bonds is 5. The van der Waals surface area contributed by atoms with Crippen molar-refractivity contribution in [2.24, 2.45) is 0 Å². The first kappa shape index (κ1) is 32.4. The van der Waals surface area contributed by atoms with Crippen LogP contribution in [0.1, 0.15) is 29.0 Å². The number of fused-ring (bicyclic) bond motifs is 5. The van der Waals surface area contributed by atoms with E-state index in [-0.39, 0.29) is 0 Å². The van der Waals surface area contributed by atoms with E-state index in [0.717, 1.165) is 6.42 Å². The van der Waals surface area contributed by atoms with Crippen molar-refractivity contribution in [3.8, 4) is 44.5 Å². The largest absolute Gasteiger partial charge is 0.0830 e. The first-order valence-corrected chi connectivity index (χ1v) is 19.7. The zero-order chi connectivity index (χ0) is 37.0. The van der Waals surface area contributed by atoms with Gasteiger partial charge in [-0.1, -0.05) is 200 Å². The summed E-state index contributed by atoms with van der Waals surface area (Å²) in [7, 11) is 0. The van der Waals surface area contributed by atoms with E-state index in [4.69, 9.17) is 0 Å². The molecular weight excluding hydrogens is 673 g/mol. The summed E-state index contributed by atoms with van der Waals surface area (Å²) in [6.45, 7) is 0. The number of benzene rings is 10. The van der Waals surface area contributed by atoms with Crippen molar-refractivity contribution in [2.75, 3.05) is 0 Å². The van der Waals surface area contributed by atoms with Crippen LogP contribution in [0.4, 0.5) is 0 Å². The summed E-state index contributed by atoms with van der Waals surface area (Å²) in [5, 5.41) is 10.1. The third-order valence-corrected chi connectivity index (χ3v) is 12.0. The Labute approximate surface area is 327 Å². The van der Waals surface area contributed by atoms with Gasteiger partial charge in [0.05, 0.1) is 0 Å². The smallest absolute Gasteiger partial charge is 0.0130 e. The van der Waals surface area contributed by atoms with E-state index >= 15 is 0 Å². The summed E-state index contributed by atoms with van der Waals surface area (Å²) >= 11 is 0. The quantitative estimate of drug-likeness (QED) is 0.156. The van der Waals surface area contributed by atoms with Gasteiger partial charge in [0.15, 0.2) is 0 Å². The molecule has 1 unspecified atom stereocenters. The fraction of sp³-hybridized carbons (Fsp3) is 0.0357. The molecule has 0 spiro atoms. The van der Waals surface area contributed by atoms with Crippen LogP contribution >= 0.6 is 0 Å². The van der Waals surface area contributed by atoms with Gasteiger partial charge >= 0.3 is 0 Å². The molecule has 262 valence electrons. The van der Waals surface area contributed by atoms with Crippen LogP contribution in [0, 0.1) is 0 Å². The molecule has 0 saturated carbocycles. The normalized spacial score (nSPS) is 13.8. The molecule has 10 aromatic rings. The van der Waals surface area contributed by atoms with E-state index < -0.39 is 0 Å². The van der Waals surface area contributed by atoms with Crippen LogP contribution in [-0.2, 0) is 0 Å². The van der Waals surface area contributed by atoms with E-state index in [1.165, 1.54) is 104 Å². The maximum absolute atomic E-state index is 2.52. The SMILES string of the molecule is C1=Cc2ccccc2C(c2ccc3c(-c4cccc5ccccc45)c4cc(-c5cccc6ccccc56)ccc4c(-c4ccc(-c5ccccc5)cc4)c3c2)C1. The molecule has 0 N–H and O–H groups in total. The molecule has 0 amide bonds. The predicted octanol–water partition coefficient (Wildman–Crippen LogP) is 15.5. The van der Waals surface area contributed by atoms with E-state index in [1.807, 2.05) is 0 Å². The third-order valence-electron chi connectivity index (χ3n) is 12.0. The molecule has 0 bridgehead atoms. The molecule has 0 heterocycles. The lowest BCUT2D eigenvalue weighted by atomic mass is 9.79. The van der Waals surface area contributed by atoms with Gasteiger partial charge in [0.2, 0.25) is 0 Å². The lowest BCUT2D eigenvalue weighted by Gasteiger charge is -2.24. The molecule has 0 radical (unpaired) electrons. The minimum Gasteiger partial charge on any atom is -0.0830 e. The van der Waals surface area contributed by atoms with Gasteiger partial charge in [-0.25, -0.2) is 0 Å². The van der Waals surface area contributed by atoms with Crippen molar-refractivity contribution in [3.63, 3.8) is 0 Å². The molecule has 10 aromatic carbocycles. The molecule has 56 heavy (non-hydrogen) atoms. The van der Waals surface area contributed by atoms with Crippen LogP contribution in [0.25, 0.3) is 93.7 Å². The fourth-order valence-electron chi connectivity index (χ4n) is 9.37. The standard InChI is InChI=1S/C56H38/c1-2-13-37(14-3-1)38-27-29-42(30-28-38)55-51-33-31-44(49-25-11-19-40-16-5-8-22-46(40)49)36-54(51)56(50-26-12-20-41-17-6-9-23-47(41)50)52-34-32-43(35-53(52)55)48-24-10-18-39-15-4-7-21-45(39)48/h1-23,25-36,48H,24H2. The van der Waals surface area contributed by atoms with Crippen LogP contribution in [0.15, 0.2) is 206 Å². The first-order chi connectivity index (χ1) is 27.8. The first-order valence-electron chi connectivity index (χ1n) is 19.7. The highest BCUT2D eigenvalue weighted by Gasteiger charge is 2.23. The Balaban J connectivity index is 1.25. The Bertz CT molecular complexity index is 3140. The molecule has 0 nitrogen and oxygen atoms in total. The lowest BCUT2D eigenvalue weighted by molar-refractivity contribution is 0.821. The predicted molar refractivity (Wildman–Crippen MR) is 240 cm³/mol. The van der Waals surface area contributed by atoms with Gasteiger partial charge in [-0.3, -0.25) is 0 Å². The van der Waals surface area contributed by atoms with Gasteiger partial charge in [-0.2, -0.15) is 0 Å². The monoisotopic (exact) mass is 710 g/mol. The number of allylic oxidation sites excluding steroid dienone is 1. The zero-order valence-corrected chi connectivity index (χ0v) is 31.0. The maximum Gasteiger partial charge on any atom is 0.0130 e. The van der Waals surface area contributed by atoms with Crippen LogP contribution in [0.5, 0.6) is 0 Å². The topological polar surface area (TPSA) is 0 Å². The number of hydrogen-bond acceptors (Lipinski definition) is 0. The average Bonchev–Trinajstić information content (AvgIpc) is 3.28. The van der Waals surface area contributed by atoms with Gasteiger partial charge in [-0.05, 0) is 123 Å². The summed E-state index contributed by atoms with van der Waals surface area (Å²) in [5.41, 5.74) is 14.1. The van der Waals surface area contributed by atoms with Crippen molar-refractivity contribution >= 4 is 49.2 Å². The van der Waals surface area contributed by atoms with Crippen molar-refractivity contribution in [2.45, 2.75) is 12.3 Å². The Morgan fingerprint density at radius 1 is 0.339 bits per heavy atom. The summed E-state index contributed by atoms with van der Waals surface area (Å²) in [6, 6.07) is 74.4. The molecule has 0 fully saturated rings. The highest BCUT2D eigenvalue weighted by Crippen LogP contribution is 2.48. The molecule has 11 rings (SSSR count). The van der Waals surface area contributed by atoms with Crippen LogP contribution < -0.4 is 0 Å². The third kappa shape index (κ3) is 5.37. The summed E-state index contributed by atoms with van der Waals surface area (Å²) in [6.07, 6.45) is 5.62. The highest BCUT2D eigenvalue weighted by molar-refractivity contribution is 6.24. The summed E-state index contributed by atoms with van der Waals surface area (Å²) in [4.78, 5) is 0.